The Hall–Kier alpha value is -3.44. The van der Waals surface area contributed by atoms with E-state index in [2.05, 4.69) is 86.6 Å². The van der Waals surface area contributed by atoms with Crippen LogP contribution in [0.25, 0.3) is 5.57 Å². The zero-order chi connectivity index (χ0) is 24.0. The maximum absolute atomic E-state index is 11.4. The zero-order valence-corrected chi connectivity index (χ0v) is 20.4. The first-order valence-electron chi connectivity index (χ1n) is 12.2. The van der Waals surface area contributed by atoms with Gasteiger partial charge in [0.05, 0.1) is 0 Å². The minimum atomic E-state index is -1.70. The van der Waals surface area contributed by atoms with E-state index >= 15 is 0 Å². The molecule has 2 unspecified atom stereocenters. The third-order valence-corrected chi connectivity index (χ3v) is 6.65. The van der Waals surface area contributed by atoms with E-state index in [1.54, 1.807) is 0 Å². The highest BCUT2D eigenvalue weighted by molar-refractivity contribution is 5.82. The van der Waals surface area contributed by atoms with E-state index in [0.717, 1.165) is 54.4 Å². The van der Waals surface area contributed by atoms with E-state index in [0.29, 0.717) is 11.3 Å². The summed E-state index contributed by atoms with van der Waals surface area (Å²) < 4.78 is 0. The molecule has 2 aromatic rings. The number of fused-ring (bicyclic) bond motifs is 1. The smallest absolute Gasteiger partial charge is 0.252 e. The van der Waals surface area contributed by atoms with Crippen molar-refractivity contribution in [3.8, 4) is 35.5 Å². The second-order valence-corrected chi connectivity index (χ2v) is 10.2. The van der Waals surface area contributed by atoms with Gasteiger partial charge >= 0.3 is 0 Å². The number of hydrogen-bond donors (Lipinski definition) is 1. The topological polar surface area (TPSA) is 20.2 Å². The number of hydrogen-bond acceptors (Lipinski definition) is 1. The lowest BCUT2D eigenvalue weighted by atomic mass is 9.73. The van der Waals surface area contributed by atoms with Crippen LogP contribution < -0.4 is 0 Å². The van der Waals surface area contributed by atoms with E-state index in [1.807, 2.05) is 36.4 Å². The van der Waals surface area contributed by atoms with Crippen molar-refractivity contribution in [1.82, 2.24) is 0 Å². The van der Waals surface area contributed by atoms with Gasteiger partial charge < -0.3 is 5.11 Å². The predicted octanol–water partition coefficient (Wildman–Crippen LogP) is 6.58. The molecule has 2 atom stereocenters. The van der Waals surface area contributed by atoms with Gasteiger partial charge in [0.25, 0.3) is 5.60 Å². The Kier molecular flexibility index (Phi) is 7.13. The molecule has 1 N–H and O–H groups in total. The van der Waals surface area contributed by atoms with E-state index < -0.39 is 5.60 Å². The van der Waals surface area contributed by atoms with Crippen molar-refractivity contribution in [2.45, 2.75) is 58.5 Å². The van der Waals surface area contributed by atoms with Crippen LogP contribution in [0.2, 0.25) is 0 Å². The minimum absolute atomic E-state index is 0.298. The summed E-state index contributed by atoms with van der Waals surface area (Å²) in [7, 11) is 0. The molecule has 1 nitrogen and oxygen atoms in total. The average Bonchev–Trinajstić information content (AvgIpc) is 2.85. The SMILES string of the molecule is CC(C)(C)C1CC=C(C#CC(O)(C#CC2=CCCc3ccccc32)C#Cc2ccccc2)CC1. The zero-order valence-electron chi connectivity index (χ0n) is 20.4. The summed E-state index contributed by atoms with van der Waals surface area (Å²) >= 11 is 0. The molecule has 0 saturated heterocycles. The van der Waals surface area contributed by atoms with Crippen LogP contribution in [0.1, 0.15) is 63.1 Å². The van der Waals surface area contributed by atoms with Gasteiger partial charge in [-0.3, -0.25) is 0 Å². The van der Waals surface area contributed by atoms with Gasteiger partial charge in [-0.05, 0) is 90.0 Å². The summed E-state index contributed by atoms with van der Waals surface area (Å²) in [4.78, 5) is 0. The van der Waals surface area contributed by atoms with Crippen LogP contribution in [0, 0.1) is 46.9 Å². The Morgan fingerprint density at radius 3 is 2.24 bits per heavy atom. The second-order valence-electron chi connectivity index (χ2n) is 10.2. The molecule has 0 heterocycles. The van der Waals surface area contributed by atoms with E-state index in [4.69, 9.17) is 0 Å². The molecule has 2 aliphatic carbocycles. The Bertz CT molecular complexity index is 1280. The molecule has 0 radical (unpaired) electrons. The van der Waals surface area contributed by atoms with Gasteiger partial charge in [0.2, 0.25) is 0 Å². The monoisotopic (exact) mass is 444 g/mol. The van der Waals surface area contributed by atoms with Crippen molar-refractivity contribution in [3.63, 3.8) is 0 Å². The molecule has 4 rings (SSSR count). The molecule has 2 aromatic carbocycles. The highest BCUT2D eigenvalue weighted by Crippen LogP contribution is 2.37. The fraction of sp³-hybridized carbons (Fsp3) is 0.333. The summed E-state index contributed by atoms with van der Waals surface area (Å²) in [5.74, 6) is 19.1. The first-order chi connectivity index (χ1) is 16.3. The van der Waals surface area contributed by atoms with Crippen LogP contribution >= 0.6 is 0 Å². The van der Waals surface area contributed by atoms with Gasteiger partial charge in [-0.25, -0.2) is 0 Å². The number of allylic oxidation sites excluding steroid dienone is 4. The van der Waals surface area contributed by atoms with Crippen LogP contribution in [0.15, 0.2) is 72.3 Å². The predicted molar refractivity (Wildman–Crippen MR) is 141 cm³/mol. The van der Waals surface area contributed by atoms with Crippen molar-refractivity contribution >= 4 is 5.57 Å². The normalized spacial score (nSPS) is 18.8. The number of rotatable bonds is 0. The van der Waals surface area contributed by atoms with Crippen LogP contribution in [0.3, 0.4) is 0 Å². The van der Waals surface area contributed by atoms with Crippen LogP contribution in [0.4, 0.5) is 0 Å². The van der Waals surface area contributed by atoms with Gasteiger partial charge in [0, 0.05) is 11.1 Å². The van der Waals surface area contributed by atoms with Gasteiger partial charge in [-0.15, -0.1) is 0 Å². The third-order valence-electron chi connectivity index (χ3n) is 6.65. The summed E-state index contributed by atoms with van der Waals surface area (Å²) in [6.07, 6.45) is 9.41. The third kappa shape index (κ3) is 6.12. The molecule has 34 heavy (non-hydrogen) atoms. The number of benzene rings is 2. The molecule has 2 aliphatic rings. The summed E-state index contributed by atoms with van der Waals surface area (Å²) in [6.45, 7) is 6.90. The molecule has 0 saturated carbocycles. The lowest BCUT2D eigenvalue weighted by Crippen LogP contribution is -2.23. The van der Waals surface area contributed by atoms with Crippen molar-refractivity contribution in [3.05, 3.63) is 89.0 Å². The van der Waals surface area contributed by atoms with Gasteiger partial charge in [0.1, 0.15) is 0 Å². The fourth-order valence-electron chi connectivity index (χ4n) is 4.44. The number of aryl methyl sites for hydroxylation is 1. The standard InChI is InChI=1S/C33H32O/c1-32(2,3)30-18-16-27(17-19-30)21-24-33(34,23-20-26-10-5-4-6-11-26)25-22-29-14-9-13-28-12-7-8-15-31(28)29/h4-8,10-12,14-16,30,34H,9,13,17-19H2,1-3H3. The molecule has 0 aliphatic heterocycles. The number of aliphatic hydroxyl groups is 1. The highest BCUT2D eigenvalue weighted by atomic mass is 16.3. The van der Waals surface area contributed by atoms with Crippen molar-refractivity contribution < 1.29 is 5.11 Å². The Morgan fingerprint density at radius 2 is 1.50 bits per heavy atom. The quantitative estimate of drug-likeness (QED) is 0.455. The minimum Gasteiger partial charge on any atom is -0.357 e. The van der Waals surface area contributed by atoms with Gasteiger partial charge in [-0.1, -0.05) is 93.1 Å². The molecule has 0 aromatic heterocycles. The largest absolute Gasteiger partial charge is 0.357 e. The van der Waals surface area contributed by atoms with Crippen molar-refractivity contribution in [2.24, 2.45) is 11.3 Å². The molecular weight excluding hydrogens is 412 g/mol. The maximum Gasteiger partial charge on any atom is 0.252 e. The molecule has 0 fully saturated rings. The lowest BCUT2D eigenvalue weighted by Gasteiger charge is -2.32. The molecule has 1 heteroatoms. The first-order valence-corrected chi connectivity index (χ1v) is 12.2. The Balaban J connectivity index is 1.65. The first kappa shape index (κ1) is 23.7. The van der Waals surface area contributed by atoms with E-state index in [-0.39, 0.29) is 0 Å². The summed E-state index contributed by atoms with van der Waals surface area (Å²) in [5.41, 5.74) is 3.86. The molecular formula is C33H32O. The molecule has 0 amide bonds. The lowest BCUT2D eigenvalue weighted by molar-refractivity contribution is 0.221. The van der Waals surface area contributed by atoms with Crippen LogP contribution in [0.5, 0.6) is 0 Å². The Labute approximate surface area is 205 Å². The van der Waals surface area contributed by atoms with Crippen LogP contribution in [-0.2, 0) is 6.42 Å². The highest BCUT2D eigenvalue weighted by Gasteiger charge is 2.26. The van der Waals surface area contributed by atoms with Crippen molar-refractivity contribution in [2.75, 3.05) is 0 Å². The average molecular weight is 445 g/mol. The fourth-order valence-corrected chi connectivity index (χ4v) is 4.44. The van der Waals surface area contributed by atoms with Gasteiger partial charge in [-0.2, -0.15) is 0 Å². The molecule has 170 valence electrons. The van der Waals surface area contributed by atoms with E-state index in [9.17, 15) is 5.11 Å². The van der Waals surface area contributed by atoms with Crippen LogP contribution in [-0.4, -0.2) is 10.7 Å². The van der Waals surface area contributed by atoms with E-state index in [1.165, 1.54) is 5.56 Å². The maximum atomic E-state index is 11.4. The van der Waals surface area contributed by atoms with Gasteiger partial charge in [0.15, 0.2) is 0 Å². The second kappa shape index (κ2) is 10.2. The Morgan fingerprint density at radius 1 is 0.794 bits per heavy atom. The molecule has 0 bridgehead atoms. The summed E-state index contributed by atoms with van der Waals surface area (Å²) in [6, 6.07) is 18.0. The summed E-state index contributed by atoms with van der Waals surface area (Å²) in [5, 5.41) is 11.4. The molecule has 0 spiro atoms. The van der Waals surface area contributed by atoms with Crippen molar-refractivity contribution in [1.29, 1.82) is 0 Å².